The fourth-order valence-electron chi connectivity index (χ4n) is 4.55. The lowest BCUT2D eigenvalue weighted by Crippen LogP contribution is -2.71. The first-order chi connectivity index (χ1) is 20.9. The summed E-state index contributed by atoms with van der Waals surface area (Å²) in [5.74, 6) is -1.34. The average Bonchev–Trinajstić information content (AvgIpc) is 3.47. The van der Waals surface area contributed by atoms with Gasteiger partial charge in [0.25, 0.3) is 11.8 Å². The second kappa shape index (κ2) is 14.1. The number of aromatic nitrogens is 2. The van der Waals surface area contributed by atoms with Gasteiger partial charge in [0.05, 0.1) is 0 Å². The van der Waals surface area contributed by atoms with Crippen molar-refractivity contribution in [3.63, 3.8) is 0 Å². The van der Waals surface area contributed by atoms with Crippen LogP contribution < -0.4 is 11.1 Å². The van der Waals surface area contributed by atoms with Gasteiger partial charge in [-0.15, -0.1) is 11.8 Å². The SMILES string of the molecule is CCON=C(C(=O)NC1C(=O)N2C(C(=O)OC(c3ccccc3)c3ccccc3)=C(C=CCI)CS[C@H]12)c1nsc(N)n1. The highest BCUT2D eigenvalue weighted by Crippen LogP contribution is 2.42. The Morgan fingerprint density at radius 1 is 1.19 bits per heavy atom. The minimum absolute atomic E-state index is 0.00312. The summed E-state index contributed by atoms with van der Waals surface area (Å²) in [6, 6.07) is 17.9. The molecule has 14 heteroatoms. The molecule has 5 rings (SSSR count). The lowest BCUT2D eigenvalue weighted by Gasteiger charge is -2.49. The molecular formula is C29H27IN6O5S2. The summed E-state index contributed by atoms with van der Waals surface area (Å²) in [5, 5.41) is 6.19. The molecule has 2 aliphatic rings. The van der Waals surface area contributed by atoms with E-state index in [9.17, 15) is 14.4 Å². The standard InChI is InChI=1S/C29H27IN6O5S2/c1-2-40-34-20(24-33-29(31)43-35-24)25(37)32-21-26(38)36-22(19(14-9-15-30)16-42-27(21)36)28(39)41-23(17-10-5-3-6-11-17)18-12-7-4-8-13-18/h3-14,21,23,27H,2,15-16H2,1H3,(H,32,37)(H2,31,33,35)/t21?,27-/m1/s1. The van der Waals surface area contributed by atoms with Gasteiger partial charge in [-0.25, -0.2) is 4.79 Å². The smallest absolute Gasteiger partial charge is 0.356 e. The van der Waals surface area contributed by atoms with Crippen molar-refractivity contribution in [2.45, 2.75) is 24.4 Å². The fraction of sp³-hybridized carbons (Fsp3) is 0.241. The molecule has 3 N–H and O–H groups in total. The van der Waals surface area contributed by atoms with Gasteiger partial charge in [0.2, 0.25) is 11.5 Å². The number of oxime groups is 1. The van der Waals surface area contributed by atoms with Crippen LogP contribution in [0.15, 0.2) is 89.2 Å². The van der Waals surface area contributed by atoms with E-state index in [0.29, 0.717) is 11.3 Å². The summed E-state index contributed by atoms with van der Waals surface area (Å²) in [4.78, 5) is 51.3. The number of alkyl halides is 1. The summed E-state index contributed by atoms with van der Waals surface area (Å²) in [6.45, 7) is 1.92. The molecule has 0 saturated carbocycles. The number of hydrogen-bond donors (Lipinski definition) is 2. The van der Waals surface area contributed by atoms with Gasteiger partial charge in [-0.1, -0.05) is 101 Å². The van der Waals surface area contributed by atoms with Crippen LogP contribution in [0.1, 0.15) is 30.0 Å². The minimum Gasteiger partial charge on any atom is -0.448 e. The number of esters is 1. The fourth-order valence-corrected chi connectivity index (χ4v) is 6.56. The average molecular weight is 731 g/mol. The number of ether oxygens (including phenoxy) is 1. The maximum atomic E-state index is 13.9. The number of nitrogens with zero attached hydrogens (tertiary/aromatic N) is 4. The van der Waals surface area contributed by atoms with Crippen LogP contribution in [-0.4, -0.2) is 66.0 Å². The highest BCUT2D eigenvalue weighted by atomic mass is 127. The molecule has 1 aromatic heterocycles. The largest absolute Gasteiger partial charge is 0.448 e. The molecule has 2 aromatic carbocycles. The number of anilines is 1. The second-order valence-corrected chi connectivity index (χ2v) is 12.0. The van der Waals surface area contributed by atoms with Crippen LogP contribution in [-0.2, 0) is 24.0 Å². The number of nitrogen functional groups attached to an aromatic ring is 1. The van der Waals surface area contributed by atoms with E-state index in [-0.39, 0.29) is 29.0 Å². The van der Waals surface area contributed by atoms with Gasteiger partial charge >= 0.3 is 5.97 Å². The Kier molecular flexibility index (Phi) is 10.1. The summed E-state index contributed by atoms with van der Waals surface area (Å²) in [6.07, 6.45) is 3.08. The van der Waals surface area contributed by atoms with E-state index in [2.05, 4.69) is 42.4 Å². The van der Waals surface area contributed by atoms with E-state index < -0.39 is 35.3 Å². The highest BCUT2D eigenvalue weighted by molar-refractivity contribution is 14.1. The van der Waals surface area contributed by atoms with Gasteiger partial charge in [0, 0.05) is 21.7 Å². The number of thioether (sulfide) groups is 1. The minimum atomic E-state index is -0.919. The zero-order chi connectivity index (χ0) is 30.3. The number of nitrogens with two attached hydrogens (primary N) is 1. The molecule has 0 bridgehead atoms. The molecule has 0 aliphatic carbocycles. The first kappa shape index (κ1) is 30.7. The Morgan fingerprint density at radius 2 is 1.86 bits per heavy atom. The maximum Gasteiger partial charge on any atom is 0.356 e. The van der Waals surface area contributed by atoms with Gasteiger partial charge < -0.3 is 20.6 Å². The van der Waals surface area contributed by atoms with Crippen LogP contribution in [0.3, 0.4) is 0 Å². The van der Waals surface area contributed by atoms with Crippen molar-refractivity contribution in [1.29, 1.82) is 0 Å². The number of amides is 2. The summed E-state index contributed by atoms with van der Waals surface area (Å²) in [5.41, 5.74) is 7.92. The quantitative estimate of drug-likeness (QED) is 0.0750. The van der Waals surface area contributed by atoms with Gasteiger partial charge in [0.1, 0.15) is 23.7 Å². The number of carbonyl (C=O) groups is 3. The number of benzene rings is 2. The molecule has 2 aliphatic heterocycles. The van der Waals surface area contributed by atoms with Gasteiger partial charge in [-0.2, -0.15) is 9.36 Å². The molecule has 222 valence electrons. The molecule has 2 atom stereocenters. The second-order valence-electron chi connectivity index (χ2n) is 9.21. The molecule has 3 heterocycles. The Bertz CT molecular complexity index is 1540. The van der Waals surface area contributed by atoms with E-state index in [1.54, 1.807) is 6.92 Å². The van der Waals surface area contributed by atoms with Crippen LogP contribution in [0, 0.1) is 0 Å². The number of hydrogen-bond acceptors (Lipinski definition) is 11. The molecule has 1 fully saturated rings. The van der Waals surface area contributed by atoms with Crippen molar-refractivity contribution in [1.82, 2.24) is 19.6 Å². The van der Waals surface area contributed by atoms with Gasteiger partial charge in [-0.3, -0.25) is 14.5 Å². The monoisotopic (exact) mass is 730 g/mol. The molecule has 11 nitrogen and oxygen atoms in total. The predicted molar refractivity (Wildman–Crippen MR) is 173 cm³/mol. The first-order valence-corrected chi connectivity index (χ1v) is 16.6. The summed E-state index contributed by atoms with van der Waals surface area (Å²) < 4.78 is 10.9. The summed E-state index contributed by atoms with van der Waals surface area (Å²) in [7, 11) is 0. The number of allylic oxidation sites excluding steroid dienone is 2. The molecule has 3 aromatic rings. The molecule has 43 heavy (non-hydrogen) atoms. The molecule has 2 amide bonds. The molecule has 1 unspecified atom stereocenters. The number of β-lactam (4-membered cyclic amide) rings is 1. The van der Waals surface area contributed by atoms with Gasteiger partial charge in [-0.05, 0) is 23.6 Å². The summed E-state index contributed by atoms with van der Waals surface area (Å²) >= 11 is 4.56. The van der Waals surface area contributed by atoms with E-state index >= 15 is 0 Å². The number of halogens is 1. The van der Waals surface area contributed by atoms with Crippen molar-refractivity contribution < 1.29 is 24.0 Å². The number of carbonyl (C=O) groups excluding carboxylic acids is 3. The molecule has 0 radical (unpaired) electrons. The Morgan fingerprint density at radius 3 is 2.44 bits per heavy atom. The topological polar surface area (TPSA) is 149 Å². The van der Waals surface area contributed by atoms with Crippen LogP contribution in [0.5, 0.6) is 0 Å². The zero-order valence-corrected chi connectivity index (χ0v) is 26.7. The maximum absolute atomic E-state index is 13.9. The van der Waals surface area contributed by atoms with Crippen LogP contribution in [0.2, 0.25) is 0 Å². The van der Waals surface area contributed by atoms with Crippen molar-refractivity contribution in [3.8, 4) is 0 Å². The lowest BCUT2D eigenvalue weighted by atomic mass is 10.0. The number of nitrogens with one attached hydrogen (secondary N) is 1. The van der Waals surface area contributed by atoms with Crippen LogP contribution in [0.25, 0.3) is 0 Å². The first-order valence-electron chi connectivity index (χ1n) is 13.2. The van der Waals surface area contributed by atoms with Crippen molar-refractivity contribution in [2.75, 3.05) is 22.5 Å². The predicted octanol–water partition coefficient (Wildman–Crippen LogP) is 3.84. The van der Waals surface area contributed by atoms with Gasteiger partial charge in [0.15, 0.2) is 11.2 Å². The number of fused-ring (bicyclic) bond motifs is 1. The molecule has 1 saturated heterocycles. The van der Waals surface area contributed by atoms with E-state index in [1.165, 1.54) is 16.7 Å². The third-order valence-electron chi connectivity index (χ3n) is 6.47. The van der Waals surface area contributed by atoms with Crippen molar-refractivity contribution >= 4 is 74.5 Å². The zero-order valence-electron chi connectivity index (χ0n) is 22.9. The Balaban J connectivity index is 1.41. The Hall–Kier alpha value is -3.76. The van der Waals surface area contributed by atoms with Crippen LogP contribution in [0.4, 0.5) is 5.13 Å². The molecule has 0 spiro atoms. The van der Waals surface area contributed by atoms with E-state index in [1.807, 2.05) is 72.8 Å². The van der Waals surface area contributed by atoms with Crippen molar-refractivity contribution in [2.24, 2.45) is 5.16 Å². The third-order valence-corrected chi connectivity index (χ3v) is 8.82. The lowest BCUT2D eigenvalue weighted by molar-refractivity contribution is -0.154. The normalized spacial score (nSPS) is 18.4. The van der Waals surface area contributed by atoms with Crippen LogP contribution >= 0.6 is 45.9 Å². The van der Waals surface area contributed by atoms with E-state index in [0.717, 1.165) is 27.1 Å². The van der Waals surface area contributed by atoms with Crippen molar-refractivity contribution in [3.05, 3.63) is 101 Å². The highest BCUT2D eigenvalue weighted by Gasteiger charge is 2.54. The Labute approximate surface area is 269 Å². The molecular weight excluding hydrogens is 703 g/mol. The third kappa shape index (κ3) is 6.75. The van der Waals surface area contributed by atoms with E-state index in [4.69, 9.17) is 15.3 Å². The number of rotatable bonds is 11.